The van der Waals surface area contributed by atoms with Crippen LogP contribution in [0.3, 0.4) is 0 Å². The summed E-state index contributed by atoms with van der Waals surface area (Å²) >= 11 is 1.53. The van der Waals surface area contributed by atoms with Crippen molar-refractivity contribution in [3.05, 3.63) is 107 Å². The molecule has 0 spiro atoms. The molecule has 0 radical (unpaired) electrons. The summed E-state index contributed by atoms with van der Waals surface area (Å²) < 4.78 is 25.7. The summed E-state index contributed by atoms with van der Waals surface area (Å²) in [6.07, 6.45) is 1.65. The Morgan fingerprint density at radius 1 is 1.05 bits per heavy atom. The summed E-state index contributed by atoms with van der Waals surface area (Å²) in [5.74, 6) is -0.0863. The maximum atomic E-state index is 13.4. The predicted molar refractivity (Wildman–Crippen MR) is 157 cm³/mol. The Hall–Kier alpha value is -3.28. The normalized spacial score (nSPS) is 12.3. The molecule has 0 saturated carbocycles. The van der Waals surface area contributed by atoms with Gasteiger partial charge in [0.15, 0.2) is 0 Å². The van der Waals surface area contributed by atoms with E-state index in [0.717, 1.165) is 22.3 Å². The molecule has 6 nitrogen and oxygen atoms in total. The molecule has 0 aliphatic carbocycles. The van der Waals surface area contributed by atoms with Gasteiger partial charge in [0.25, 0.3) is 5.91 Å². The van der Waals surface area contributed by atoms with Gasteiger partial charge in [0.05, 0.1) is 0 Å². The molecule has 9 heteroatoms. The van der Waals surface area contributed by atoms with Crippen LogP contribution in [0.15, 0.2) is 83.3 Å². The van der Waals surface area contributed by atoms with Gasteiger partial charge in [-0.25, -0.2) is 9.18 Å². The molecule has 210 valence electrons. The average molecular weight is 570 g/mol. The van der Waals surface area contributed by atoms with Crippen molar-refractivity contribution in [2.75, 3.05) is 18.6 Å². The number of aryl methyl sites for hydroxylation is 1. The second-order valence-electron chi connectivity index (χ2n) is 9.31. The van der Waals surface area contributed by atoms with Crippen molar-refractivity contribution in [2.24, 2.45) is 0 Å². The molecule has 41 heavy (non-hydrogen) atoms. The minimum absolute atomic E-state index is 0. The van der Waals surface area contributed by atoms with E-state index >= 15 is 0 Å². The number of thioether (sulfide) groups is 1. The number of amides is 1. The van der Waals surface area contributed by atoms with Gasteiger partial charge in [-0.05, 0) is 103 Å². The van der Waals surface area contributed by atoms with Crippen LogP contribution in [0.2, 0.25) is 0 Å². The van der Waals surface area contributed by atoms with Gasteiger partial charge in [0.2, 0.25) is 0 Å². The molecule has 0 saturated heterocycles. The second-order valence-corrected chi connectivity index (χ2v) is 10.3. The Balaban J connectivity index is 0.00000308. The Morgan fingerprint density at radius 3 is 2.44 bits per heavy atom. The maximum absolute atomic E-state index is 13.4. The van der Waals surface area contributed by atoms with Crippen molar-refractivity contribution in [3.8, 4) is 22.5 Å². The fourth-order valence-electron chi connectivity index (χ4n) is 4.52. The second kappa shape index (κ2) is 15.1. The van der Waals surface area contributed by atoms with E-state index in [1.807, 2.05) is 62.6 Å². The van der Waals surface area contributed by atoms with Gasteiger partial charge < -0.3 is 21.0 Å². The summed E-state index contributed by atoms with van der Waals surface area (Å²) in [6.45, 7) is 4.26. The van der Waals surface area contributed by atoms with Crippen molar-refractivity contribution < 1.29 is 48.5 Å². The molecule has 0 bridgehead atoms. The SMILES string of the molecule is CCOC(c1ccc(C(=O)NC(CCSC)C(=O)O)c(-c2ccccc2C)c1)c1ccc(-c2ccc(F)cc2)o1.[H-].[Li+]. The average Bonchev–Trinajstić information content (AvgIpc) is 3.44. The number of benzene rings is 3. The summed E-state index contributed by atoms with van der Waals surface area (Å²) in [4.78, 5) is 25.2. The first-order chi connectivity index (χ1) is 19.3. The number of furan rings is 1. The molecule has 2 unspecified atom stereocenters. The quantitative estimate of drug-likeness (QED) is 0.248. The third kappa shape index (κ3) is 7.93. The van der Waals surface area contributed by atoms with Crippen LogP contribution < -0.4 is 24.2 Å². The number of nitrogens with one attached hydrogen (secondary N) is 1. The number of carboxylic acid groups (broad SMARTS) is 1. The minimum atomic E-state index is -1.07. The Morgan fingerprint density at radius 2 is 1.78 bits per heavy atom. The summed E-state index contributed by atoms with van der Waals surface area (Å²) in [7, 11) is 0. The molecule has 2 N–H and O–H groups in total. The van der Waals surface area contributed by atoms with Crippen LogP contribution in [-0.4, -0.2) is 41.6 Å². The zero-order valence-electron chi connectivity index (χ0n) is 24.6. The number of rotatable bonds is 12. The molecule has 1 heterocycles. The molecular formula is C32H33FLiNO5S. The van der Waals surface area contributed by atoms with Crippen LogP contribution in [-0.2, 0) is 9.53 Å². The van der Waals surface area contributed by atoms with E-state index in [9.17, 15) is 19.1 Å². The predicted octanol–water partition coefficient (Wildman–Crippen LogP) is 4.24. The van der Waals surface area contributed by atoms with Crippen LogP contribution in [0.4, 0.5) is 4.39 Å². The molecule has 0 aliphatic heterocycles. The maximum Gasteiger partial charge on any atom is 1.00 e. The van der Waals surface area contributed by atoms with Gasteiger partial charge in [-0.3, -0.25) is 4.79 Å². The standard InChI is InChI=1S/C32H32FNO5S.Li.H/c1-4-38-30(29-16-15-28(39-29)21-9-12-23(33)13-10-21)22-11-14-25(26(19-22)24-8-6-5-7-20(24)2)31(35)34-27(32(36)37)17-18-40-3;;/h5-16,19,27,30H,4,17-18H2,1-3H3,(H,34,35)(H,36,37);;/q;+1;-1. The monoisotopic (exact) mass is 569 g/mol. The molecule has 2 atom stereocenters. The van der Waals surface area contributed by atoms with E-state index in [-0.39, 0.29) is 26.1 Å². The van der Waals surface area contributed by atoms with Crippen LogP contribution in [0.1, 0.15) is 48.1 Å². The first-order valence-corrected chi connectivity index (χ1v) is 14.4. The van der Waals surface area contributed by atoms with Gasteiger partial charge in [-0.2, -0.15) is 11.8 Å². The van der Waals surface area contributed by atoms with Gasteiger partial charge in [-0.1, -0.05) is 30.3 Å². The number of ether oxygens (including phenoxy) is 1. The third-order valence-electron chi connectivity index (χ3n) is 6.59. The molecule has 0 fully saturated rings. The first kappa shape index (κ1) is 32.2. The van der Waals surface area contributed by atoms with E-state index in [4.69, 9.17) is 9.15 Å². The van der Waals surface area contributed by atoms with E-state index < -0.39 is 24.0 Å². The zero-order chi connectivity index (χ0) is 28.6. The Bertz CT molecular complexity index is 1480. The molecule has 1 amide bonds. The zero-order valence-corrected chi connectivity index (χ0v) is 24.5. The van der Waals surface area contributed by atoms with Crippen LogP contribution in [0.5, 0.6) is 0 Å². The van der Waals surface area contributed by atoms with Crippen molar-refractivity contribution in [2.45, 2.75) is 32.4 Å². The third-order valence-corrected chi connectivity index (χ3v) is 7.23. The molecule has 3 aromatic carbocycles. The molecule has 1 aromatic heterocycles. The first-order valence-electron chi connectivity index (χ1n) is 13.0. The number of carboxylic acids is 1. The topological polar surface area (TPSA) is 88.8 Å². The summed E-state index contributed by atoms with van der Waals surface area (Å²) in [5.41, 5.74) is 4.37. The fourth-order valence-corrected chi connectivity index (χ4v) is 4.99. The molecule has 0 aliphatic rings. The number of halogens is 1. The number of aliphatic carboxylic acids is 1. The van der Waals surface area contributed by atoms with Gasteiger partial charge in [-0.15, -0.1) is 0 Å². The van der Waals surface area contributed by atoms with Gasteiger partial charge >= 0.3 is 24.8 Å². The largest absolute Gasteiger partial charge is 1.00 e. The van der Waals surface area contributed by atoms with E-state index in [1.165, 1.54) is 23.9 Å². The van der Waals surface area contributed by atoms with Crippen molar-refractivity contribution in [1.29, 1.82) is 0 Å². The van der Waals surface area contributed by atoms with Crippen molar-refractivity contribution in [3.63, 3.8) is 0 Å². The number of hydrogen-bond donors (Lipinski definition) is 2. The molecule has 4 rings (SSSR count). The van der Waals surface area contributed by atoms with Gasteiger partial charge in [0, 0.05) is 17.7 Å². The Labute approximate surface area is 257 Å². The minimum Gasteiger partial charge on any atom is -1.00 e. The van der Waals surface area contributed by atoms with Crippen LogP contribution in [0.25, 0.3) is 22.5 Å². The summed E-state index contributed by atoms with van der Waals surface area (Å²) in [6, 6.07) is 21.8. The number of carbonyl (C=O) groups excluding carboxylic acids is 1. The number of hydrogen-bond acceptors (Lipinski definition) is 5. The number of carbonyl (C=O) groups is 2. The molecular weight excluding hydrogens is 536 g/mol. The van der Waals surface area contributed by atoms with Crippen LogP contribution in [0, 0.1) is 12.7 Å². The van der Waals surface area contributed by atoms with E-state index in [1.54, 1.807) is 24.3 Å². The van der Waals surface area contributed by atoms with E-state index in [2.05, 4.69) is 5.32 Å². The summed E-state index contributed by atoms with van der Waals surface area (Å²) in [5, 5.41) is 12.4. The van der Waals surface area contributed by atoms with E-state index in [0.29, 0.717) is 41.4 Å². The Kier molecular flexibility index (Phi) is 11.9. The molecule has 4 aromatic rings. The van der Waals surface area contributed by atoms with Crippen LogP contribution >= 0.6 is 11.8 Å². The van der Waals surface area contributed by atoms with Gasteiger partial charge in [0.1, 0.15) is 29.5 Å². The van der Waals surface area contributed by atoms with Crippen molar-refractivity contribution in [1.82, 2.24) is 5.32 Å². The fraction of sp³-hybridized carbons (Fsp3) is 0.250. The van der Waals surface area contributed by atoms with Crippen molar-refractivity contribution >= 4 is 23.6 Å². The smallest absolute Gasteiger partial charge is 1.00 e.